The number of rotatable bonds is 2. The van der Waals surface area contributed by atoms with Gasteiger partial charge in [0.1, 0.15) is 6.07 Å². The summed E-state index contributed by atoms with van der Waals surface area (Å²) in [6.07, 6.45) is 0.000899. The zero-order valence-corrected chi connectivity index (χ0v) is 11.0. The SMILES string of the molecule is CC(N)C1CN(c2ccc(Cl)cc2C#N)CCO1. The van der Waals surface area contributed by atoms with Crippen LogP contribution in [0.1, 0.15) is 12.5 Å². The van der Waals surface area contributed by atoms with E-state index < -0.39 is 0 Å². The summed E-state index contributed by atoms with van der Waals surface area (Å²) in [7, 11) is 0. The van der Waals surface area contributed by atoms with E-state index >= 15 is 0 Å². The van der Waals surface area contributed by atoms with Crippen molar-refractivity contribution in [2.24, 2.45) is 5.73 Å². The van der Waals surface area contributed by atoms with Gasteiger partial charge in [0.2, 0.25) is 0 Å². The number of benzene rings is 1. The van der Waals surface area contributed by atoms with Gasteiger partial charge in [0.25, 0.3) is 0 Å². The van der Waals surface area contributed by atoms with Crippen LogP contribution >= 0.6 is 11.6 Å². The van der Waals surface area contributed by atoms with Crippen LogP contribution in [0.15, 0.2) is 18.2 Å². The number of nitrogens with two attached hydrogens (primary N) is 1. The van der Waals surface area contributed by atoms with E-state index in [1.807, 2.05) is 13.0 Å². The lowest BCUT2D eigenvalue weighted by molar-refractivity contribution is 0.0276. The van der Waals surface area contributed by atoms with Crippen molar-refractivity contribution in [1.29, 1.82) is 5.26 Å². The number of ether oxygens (including phenoxy) is 1. The molecule has 0 aliphatic carbocycles. The second-order valence-corrected chi connectivity index (χ2v) is 4.92. The quantitative estimate of drug-likeness (QED) is 0.885. The van der Waals surface area contributed by atoms with E-state index in [0.717, 1.165) is 12.2 Å². The molecule has 0 radical (unpaired) electrons. The summed E-state index contributed by atoms with van der Waals surface area (Å²) in [4.78, 5) is 2.13. The highest BCUT2D eigenvalue weighted by Crippen LogP contribution is 2.25. The van der Waals surface area contributed by atoms with E-state index in [-0.39, 0.29) is 12.1 Å². The first-order valence-corrected chi connectivity index (χ1v) is 6.31. The van der Waals surface area contributed by atoms with Crippen molar-refractivity contribution in [3.63, 3.8) is 0 Å². The number of halogens is 1. The van der Waals surface area contributed by atoms with Gasteiger partial charge in [-0.05, 0) is 25.1 Å². The van der Waals surface area contributed by atoms with Crippen LogP contribution < -0.4 is 10.6 Å². The molecule has 1 saturated heterocycles. The molecular formula is C13H16ClN3O. The van der Waals surface area contributed by atoms with Crippen molar-refractivity contribution in [1.82, 2.24) is 0 Å². The zero-order valence-electron chi connectivity index (χ0n) is 10.3. The molecule has 1 aliphatic heterocycles. The highest BCUT2D eigenvalue weighted by Gasteiger charge is 2.24. The molecule has 1 heterocycles. The van der Waals surface area contributed by atoms with Crippen LogP contribution in [-0.4, -0.2) is 31.8 Å². The first-order valence-electron chi connectivity index (χ1n) is 5.93. The van der Waals surface area contributed by atoms with Gasteiger partial charge in [-0.15, -0.1) is 0 Å². The predicted molar refractivity (Wildman–Crippen MR) is 71.8 cm³/mol. The fraction of sp³-hybridized carbons (Fsp3) is 0.462. The van der Waals surface area contributed by atoms with Gasteiger partial charge < -0.3 is 15.4 Å². The van der Waals surface area contributed by atoms with Gasteiger partial charge in [-0.1, -0.05) is 11.6 Å². The van der Waals surface area contributed by atoms with Crippen LogP contribution in [0.2, 0.25) is 5.02 Å². The fourth-order valence-electron chi connectivity index (χ4n) is 2.09. The molecule has 2 unspecified atom stereocenters. The van der Waals surface area contributed by atoms with Gasteiger partial charge in [-0.25, -0.2) is 0 Å². The fourth-order valence-corrected chi connectivity index (χ4v) is 2.26. The van der Waals surface area contributed by atoms with Crippen molar-refractivity contribution in [3.05, 3.63) is 28.8 Å². The maximum atomic E-state index is 9.16. The Balaban J connectivity index is 2.23. The Morgan fingerprint density at radius 3 is 3.06 bits per heavy atom. The van der Waals surface area contributed by atoms with Crippen LogP contribution in [0, 0.1) is 11.3 Å². The van der Waals surface area contributed by atoms with Crippen LogP contribution in [-0.2, 0) is 4.74 Å². The van der Waals surface area contributed by atoms with Crippen LogP contribution in [0.3, 0.4) is 0 Å². The Morgan fingerprint density at radius 1 is 1.61 bits per heavy atom. The van der Waals surface area contributed by atoms with Crippen molar-refractivity contribution >= 4 is 17.3 Å². The lowest BCUT2D eigenvalue weighted by atomic mass is 10.1. The van der Waals surface area contributed by atoms with Gasteiger partial charge in [0.15, 0.2) is 0 Å². The Labute approximate surface area is 112 Å². The smallest absolute Gasteiger partial charge is 0.101 e. The summed E-state index contributed by atoms with van der Waals surface area (Å²) in [5, 5.41) is 9.73. The average molecular weight is 266 g/mol. The van der Waals surface area contributed by atoms with E-state index in [1.54, 1.807) is 12.1 Å². The second kappa shape index (κ2) is 5.57. The van der Waals surface area contributed by atoms with Crippen molar-refractivity contribution in [3.8, 4) is 6.07 Å². The molecule has 96 valence electrons. The van der Waals surface area contributed by atoms with E-state index in [9.17, 15) is 0 Å². The monoisotopic (exact) mass is 265 g/mol. The van der Waals surface area contributed by atoms with Gasteiger partial charge in [0, 0.05) is 24.2 Å². The molecule has 1 aromatic rings. The second-order valence-electron chi connectivity index (χ2n) is 4.49. The third-order valence-electron chi connectivity index (χ3n) is 3.10. The lowest BCUT2D eigenvalue weighted by Gasteiger charge is -2.36. The minimum atomic E-state index is -0.0226. The molecule has 2 rings (SSSR count). The first kappa shape index (κ1) is 13.2. The Morgan fingerprint density at radius 2 is 2.39 bits per heavy atom. The van der Waals surface area contributed by atoms with E-state index in [2.05, 4.69) is 11.0 Å². The van der Waals surface area contributed by atoms with E-state index in [0.29, 0.717) is 23.7 Å². The first-order chi connectivity index (χ1) is 8.61. The van der Waals surface area contributed by atoms with Crippen LogP contribution in [0.4, 0.5) is 5.69 Å². The molecule has 0 amide bonds. The zero-order chi connectivity index (χ0) is 13.1. The number of nitriles is 1. The Hall–Kier alpha value is -1.28. The minimum absolute atomic E-state index is 0.000899. The molecule has 4 nitrogen and oxygen atoms in total. The standard InChI is InChI=1S/C13H16ClN3O/c1-9(16)13-8-17(4-5-18-13)12-3-2-11(14)6-10(12)7-15/h2-3,6,9,13H,4-5,8,16H2,1H3. The van der Waals surface area contributed by atoms with Crippen LogP contribution in [0.5, 0.6) is 0 Å². The molecule has 2 atom stereocenters. The predicted octanol–water partition coefficient (Wildman–Crippen LogP) is 1.76. The minimum Gasteiger partial charge on any atom is -0.373 e. The third-order valence-corrected chi connectivity index (χ3v) is 3.33. The topological polar surface area (TPSA) is 62.3 Å². The van der Waals surface area contributed by atoms with Crippen LogP contribution in [0.25, 0.3) is 0 Å². The summed E-state index contributed by atoms with van der Waals surface area (Å²) in [6, 6.07) is 7.52. The average Bonchev–Trinajstić information content (AvgIpc) is 2.38. The number of morpholine rings is 1. The van der Waals surface area contributed by atoms with Crippen molar-refractivity contribution < 1.29 is 4.74 Å². The molecule has 1 aliphatic rings. The summed E-state index contributed by atoms with van der Waals surface area (Å²) < 4.78 is 5.61. The van der Waals surface area contributed by atoms with Crippen molar-refractivity contribution in [2.45, 2.75) is 19.1 Å². The Kier molecular flexibility index (Phi) is 4.07. The largest absolute Gasteiger partial charge is 0.373 e. The van der Waals surface area contributed by atoms with E-state index in [4.69, 9.17) is 27.3 Å². The maximum absolute atomic E-state index is 9.16. The number of hydrogen-bond donors (Lipinski definition) is 1. The highest BCUT2D eigenvalue weighted by atomic mass is 35.5. The van der Waals surface area contributed by atoms with Gasteiger partial charge >= 0.3 is 0 Å². The molecular weight excluding hydrogens is 250 g/mol. The number of hydrogen-bond acceptors (Lipinski definition) is 4. The molecule has 18 heavy (non-hydrogen) atoms. The Bertz CT molecular complexity index is 470. The molecule has 5 heteroatoms. The van der Waals surface area contributed by atoms with Gasteiger partial charge in [0.05, 0.1) is 24.0 Å². The van der Waals surface area contributed by atoms with Crippen molar-refractivity contribution in [2.75, 3.05) is 24.6 Å². The van der Waals surface area contributed by atoms with Gasteiger partial charge in [-0.3, -0.25) is 0 Å². The maximum Gasteiger partial charge on any atom is 0.101 e. The molecule has 0 spiro atoms. The molecule has 2 N–H and O–H groups in total. The summed E-state index contributed by atoms with van der Waals surface area (Å²) in [5.74, 6) is 0. The normalized spacial score (nSPS) is 21.4. The highest BCUT2D eigenvalue weighted by molar-refractivity contribution is 6.30. The molecule has 0 aromatic heterocycles. The number of anilines is 1. The third kappa shape index (κ3) is 2.75. The van der Waals surface area contributed by atoms with E-state index in [1.165, 1.54) is 0 Å². The lowest BCUT2D eigenvalue weighted by Crippen LogP contribution is -2.49. The van der Waals surface area contributed by atoms with Gasteiger partial charge in [-0.2, -0.15) is 5.26 Å². The summed E-state index contributed by atoms with van der Waals surface area (Å²) in [6.45, 7) is 4.02. The molecule has 1 aromatic carbocycles. The molecule has 0 bridgehead atoms. The summed E-state index contributed by atoms with van der Waals surface area (Å²) in [5.41, 5.74) is 7.35. The summed E-state index contributed by atoms with van der Waals surface area (Å²) >= 11 is 5.90. The molecule has 1 fully saturated rings. The number of nitrogens with zero attached hydrogens (tertiary/aromatic N) is 2. The molecule has 0 saturated carbocycles.